The third-order valence-corrected chi connectivity index (χ3v) is 3.61. The van der Waals surface area contributed by atoms with E-state index < -0.39 is 0 Å². The van der Waals surface area contributed by atoms with Crippen LogP contribution < -0.4 is 5.32 Å². The van der Waals surface area contributed by atoms with E-state index in [1.54, 1.807) is 11.8 Å². The molecule has 6 heteroatoms. The molecule has 0 aliphatic rings. The monoisotopic (exact) mass is 271 g/mol. The zero-order chi connectivity index (χ0) is 11.4. The smallest absolute Gasteiger partial charge is 0.0946 e. The Bertz CT molecular complexity index is 459. The molecule has 0 radical (unpaired) electrons. The summed E-state index contributed by atoms with van der Waals surface area (Å²) < 4.78 is 3.81. The number of nitrogens with one attached hydrogen (secondary N) is 1. The number of hydrogen-bond acceptors (Lipinski definition) is 5. The Morgan fingerprint density at radius 1 is 1.50 bits per heavy atom. The fourth-order valence-corrected chi connectivity index (χ4v) is 2.44. The van der Waals surface area contributed by atoms with Gasteiger partial charge in [0.25, 0.3) is 0 Å². The SMILES string of the molecule is CSc1ccc(Cl)cc1NCc1csnn1. The molecule has 2 aromatic rings. The van der Waals surface area contributed by atoms with Gasteiger partial charge in [0.15, 0.2) is 0 Å². The standard InChI is InChI=1S/C10H10ClN3S2/c1-15-10-3-2-7(11)4-9(10)12-5-8-6-16-14-13-8/h2-4,6,12H,5H2,1H3. The Labute approximate surface area is 107 Å². The van der Waals surface area contributed by atoms with E-state index in [-0.39, 0.29) is 0 Å². The Morgan fingerprint density at radius 3 is 3.06 bits per heavy atom. The molecule has 1 N–H and O–H groups in total. The fourth-order valence-electron chi connectivity index (χ4n) is 1.27. The number of halogens is 1. The summed E-state index contributed by atoms with van der Waals surface area (Å²) in [6.45, 7) is 0.671. The number of anilines is 1. The Morgan fingerprint density at radius 2 is 2.38 bits per heavy atom. The molecule has 0 unspecified atom stereocenters. The molecule has 1 aromatic carbocycles. The molecule has 0 bridgehead atoms. The third-order valence-electron chi connectivity index (χ3n) is 2.03. The number of hydrogen-bond donors (Lipinski definition) is 1. The van der Waals surface area contributed by atoms with Crippen molar-refractivity contribution in [3.8, 4) is 0 Å². The highest BCUT2D eigenvalue weighted by Crippen LogP contribution is 2.28. The van der Waals surface area contributed by atoms with Crippen LogP contribution in [-0.4, -0.2) is 15.8 Å². The predicted molar refractivity (Wildman–Crippen MR) is 70.5 cm³/mol. The molecule has 84 valence electrons. The molecular formula is C10H10ClN3S2. The quantitative estimate of drug-likeness (QED) is 0.864. The van der Waals surface area contributed by atoms with Gasteiger partial charge in [-0.05, 0) is 36.0 Å². The summed E-state index contributed by atoms with van der Waals surface area (Å²) in [5, 5.41) is 9.94. The Hall–Kier alpha value is -0.780. The van der Waals surface area contributed by atoms with Crippen LogP contribution in [0, 0.1) is 0 Å². The first-order chi connectivity index (χ1) is 7.79. The van der Waals surface area contributed by atoms with E-state index in [1.807, 2.05) is 29.8 Å². The van der Waals surface area contributed by atoms with Crippen molar-refractivity contribution in [2.45, 2.75) is 11.4 Å². The molecule has 2 rings (SSSR count). The lowest BCUT2D eigenvalue weighted by Crippen LogP contribution is -2.00. The van der Waals surface area contributed by atoms with Crippen LogP contribution in [0.3, 0.4) is 0 Å². The zero-order valence-electron chi connectivity index (χ0n) is 8.61. The molecule has 0 amide bonds. The van der Waals surface area contributed by atoms with Crippen LogP contribution in [-0.2, 0) is 6.54 Å². The molecule has 1 heterocycles. The largest absolute Gasteiger partial charge is 0.378 e. The Balaban J connectivity index is 2.11. The topological polar surface area (TPSA) is 37.8 Å². The molecule has 0 saturated heterocycles. The fraction of sp³-hybridized carbons (Fsp3) is 0.200. The van der Waals surface area contributed by atoms with E-state index in [0.29, 0.717) is 6.54 Å². The Kier molecular flexibility index (Phi) is 4.04. The first-order valence-corrected chi connectivity index (χ1v) is 7.07. The summed E-state index contributed by atoms with van der Waals surface area (Å²) in [7, 11) is 0. The van der Waals surface area contributed by atoms with Gasteiger partial charge >= 0.3 is 0 Å². The molecule has 1 aromatic heterocycles. The van der Waals surface area contributed by atoms with Gasteiger partial charge in [-0.25, -0.2) is 0 Å². The minimum Gasteiger partial charge on any atom is -0.378 e. The highest BCUT2D eigenvalue weighted by molar-refractivity contribution is 7.98. The van der Waals surface area contributed by atoms with E-state index in [4.69, 9.17) is 11.6 Å². The van der Waals surface area contributed by atoms with Gasteiger partial charge in [0.2, 0.25) is 0 Å². The lowest BCUT2D eigenvalue weighted by Gasteiger charge is -2.09. The normalized spacial score (nSPS) is 10.4. The molecule has 0 atom stereocenters. The van der Waals surface area contributed by atoms with Gasteiger partial charge in [-0.1, -0.05) is 16.1 Å². The summed E-state index contributed by atoms with van der Waals surface area (Å²) in [5.41, 5.74) is 1.98. The molecule has 0 fully saturated rings. The minimum absolute atomic E-state index is 0.671. The second-order valence-electron chi connectivity index (χ2n) is 3.09. The van der Waals surface area contributed by atoms with Gasteiger partial charge in [-0.3, -0.25) is 0 Å². The van der Waals surface area contributed by atoms with E-state index in [9.17, 15) is 0 Å². The van der Waals surface area contributed by atoms with E-state index in [2.05, 4.69) is 14.9 Å². The number of rotatable bonds is 4. The van der Waals surface area contributed by atoms with Crippen LogP contribution in [0.2, 0.25) is 5.02 Å². The van der Waals surface area contributed by atoms with E-state index in [1.165, 1.54) is 16.4 Å². The predicted octanol–water partition coefficient (Wildman–Crippen LogP) is 3.53. The van der Waals surface area contributed by atoms with Crippen LogP contribution in [0.15, 0.2) is 28.5 Å². The van der Waals surface area contributed by atoms with Gasteiger partial charge in [0, 0.05) is 21.0 Å². The first-order valence-electron chi connectivity index (χ1n) is 4.63. The number of benzene rings is 1. The maximum Gasteiger partial charge on any atom is 0.0946 e. The molecule has 16 heavy (non-hydrogen) atoms. The maximum absolute atomic E-state index is 5.96. The average molecular weight is 272 g/mol. The number of nitrogens with zero attached hydrogens (tertiary/aromatic N) is 2. The van der Waals surface area contributed by atoms with Crippen molar-refractivity contribution >= 4 is 40.6 Å². The van der Waals surface area contributed by atoms with Crippen LogP contribution in [0.1, 0.15) is 5.69 Å². The zero-order valence-corrected chi connectivity index (χ0v) is 11.0. The van der Waals surface area contributed by atoms with Crippen molar-refractivity contribution in [2.75, 3.05) is 11.6 Å². The summed E-state index contributed by atoms with van der Waals surface area (Å²) in [4.78, 5) is 1.17. The van der Waals surface area contributed by atoms with Crippen LogP contribution in [0.4, 0.5) is 5.69 Å². The van der Waals surface area contributed by atoms with Gasteiger partial charge < -0.3 is 5.32 Å². The highest BCUT2D eigenvalue weighted by Gasteiger charge is 2.03. The van der Waals surface area contributed by atoms with Gasteiger partial charge in [0.05, 0.1) is 12.2 Å². The van der Waals surface area contributed by atoms with Crippen molar-refractivity contribution in [3.05, 3.63) is 34.3 Å². The molecular weight excluding hydrogens is 262 g/mol. The summed E-state index contributed by atoms with van der Waals surface area (Å²) >= 11 is 9.00. The van der Waals surface area contributed by atoms with E-state index >= 15 is 0 Å². The van der Waals surface area contributed by atoms with Crippen molar-refractivity contribution in [2.24, 2.45) is 0 Å². The van der Waals surface area contributed by atoms with Crippen LogP contribution >= 0.6 is 34.9 Å². The highest BCUT2D eigenvalue weighted by atomic mass is 35.5. The number of aromatic nitrogens is 2. The molecule has 0 spiro atoms. The second-order valence-corrected chi connectivity index (χ2v) is 4.99. The van der Waals surface area contributed by atoms with Crippen LogP contribution in [0.25, 0.3) is 0 Å². The molecule has 0 saturated carbocycles. The van der Waals surface area contributed by atoms with Gasteiger partial charge in [0.1, 0.15) is 0 Å². The summed E-state index contributed by atoms with van der Waals surface area (Å²) in [5.74, 6) is 0. The molecule has 0 aliphatic carbocycles. The van der Waals surface area contributed by atoms with Crippen molar-refractivity contribution < 1.29 is 0 Å². The summed E-state index contributed by atoms with van der Waals surface area (Å²) in [6, 6.07) is 5.82. The van der Waals surface area contributed by atoms with Crippen molar-refractivity contribution in [1.29, 1.82) is 0 Å². The summed E-state index contributed by atoms with van der Waals surface area (Å²) in [6.07, 6.45) is 2.04. The average Bonchev–Trinajstić information content (AvgIpc) is 2.79. The third kappa shape index (κ3) is 2.87. The maximum atomic E-state index is 5.96. The van der Waals surface area contributed by atoms with Crippen molar-refractivity contribution in [1.82, 2.24) is 9.59 Å². The number of thioether (sulfide) groups is 1. The van der Waals surface area contributed by atoms with Gasteiger partial charge in [-0.2, -0.15) is 0 Å². The lowest BCUT2D eigenvalue weighted by molar-refractivity contribution is 0.994. The molecule has 0 aliphatic heterocycles. The van der Waals surface area contributed by atoms with Crippen LogP contribution in [0.5, 0.6) is 0 Å². The van der Waals surface area contributed by atoms with Crippen molar-refractivity contribution in [3.63, 3.8) is 0 Å². The first kappa shape index (κ1) is 11.7. The molecule has 3 nitrogen and oxygen atoms in total. The lowest BCUT2D eigenvalue weighted by atomic mass is 10.3. The van der Waals surface area contributed by atoms with Gasteiger partial charge in [-0.15, -0.1) is 16.9 Å². The minimum atomic E-state index is 0.671. The van der Waals surface area contributed by atoms with E-state index in [0.717, 1.165) is 16.4 Å². The second kappa shape index (κ2) is 5.52.